The minimum atomic E-state index is -0.480. The third kappa shape index (κ3) is 4.04. The molecular formula is C24H23FN2O3. The molecule has 1 atom stereocenters. The molecule has 1 fully saturated rings. The quantitative estimate of drug-likeness (QED) is 0.629. The summed E-state index contributed by atoms with van der Waals surface area (Å²) in [7, 11) is 0. The highest BCUT2D eigenvalue weighted by atomic mass is 19.1. The summed E-state index contributed by atoms with van der Waals surface area (Å²) in [6.07, 6.45) is 2.01. The molecule has 1 N–H and O–H groups in total. The number of hydrogen-bond donors (Lipinski definition) is 1. The molecule has 1 saturated heterocycles. The predicted molar refractivity (Wildman–Crippen MR) is 112 cm³/mol. The molecule has 0 spiro atoms. The number of aryl methyl sites for hydroxylation is 1. The zero-order valence-corrected chi connectivity index (χ0v) is 16.7. The molecule has 1 aliphatic rings. The van der Waals surface area contributed by atoms with Gasteiger partial charge in [-0.15, -0.1) is 0 Å². The van der Waals surface area contributed by atoms with Crippen LogP contribution in [0.5, 0.6) is 5.88 Å². The molecule has 0 aliphatic carbocycles. The Morgan fingerprint density at radius 3 is 2.83 bits per heavy atom. The van der Waals surface area contributed by atoms with E-state index >= 15 is 0 Å². The molecule has 30 heavy (non-hydrogen) atoms. The van der Waals surface area contributed by atoms with Crippen molar-refractivity contribution in [1.82, 2.24) is 4.98 Å². The fourth-order valence-corrected chi connectivity index (χ4v) is 3.80. The molecule has 0 bridgehead atoms. The maximum Gasteiger partial charge on any atom is 0.250 e. The van der Waals surface area contributed by atoms with E-state index in [1.54, 1.807) is 12.1 Å². The first kappa shape index (κ1) is 20.0. The summed E-state index contributed by atoms with van der Waals surface area (Å²) in [6.45, 7) is 2.98. The number of hydrogen-bond acceptors (Lipinski definition) is 5. The Balaban J connectivity index is 1.52. The first-order chi connectivity index (χ1) is 14.6. The van der Waals surface area contributed by atoms with Crippen molar-refractivity contribution in [2.45, 2.75) is 26.1 Å². The van der Waals surface area contributed by atoms with Crippen LogP contribution in [-0.4, -0.2) is 35.1 Å². The van der Waals surface area contributed by atoms with Gasteiger partial charge in [-0.3, -0.25) is 4.79 Å². The van der Waals surface area contributed by atoms with E-state index in [2.05, 4.69) is 9.88 Å². The number of ketones is 1. The first-order valence-electron chi connectivity index (χ1n) is 9.93. The number of aromatic nitrogens is 1. The molecule has 6 heteroatoms. The van der Waals surface area contributed by atoms with Crippen molar-refractivity contribution in [3.63, 3.8) is 0 Å². The van der Waals surface area contributed by atoms with Gasteiger partial charge in [0.05, 0.1) is 13.2 Å². The second-order valence-electron chi connectivity index (χ2n) is 7.41. The van der Waals surface area contributed by atoms with Crippen molar-refractivity contribution in [2.24, 2.45) is 0 Å². The summed E-state index contributed by atoms with van der Waals surface area (Å²) in [5, 5.41) is 9.92. The lowest BCUT2D eigenvalue weighted by Crippen LogP contribution is -2.26. The van der Waals surface area contributed by atoms with Gasteiger partial charge in [-0.25, -0.2) is 9.37 Å². The van der Waals surface area contributed by atoms with Gasteiger partial charge in [0.2, 0.25) is 0 Å². The molecule has 0 radical (unpaired) electrons. The number of nitrogens with zero attached hydrogens (tertiary/aromatic N) is 2. The van der Waals surface area contributed by atoms with Crippen LogP contribution in [0.1, 0.15) is 33.5 Å². The molecule has 4 rings (SSSR count). The van der Waals surface area contributed by atoms with Gasteiger partial charge in [0.25, 0.3) is 5.88 Å². The maximum atomic E-state index is 13.8. The number of pyridine rings is 1. The van der Waals surface area contributed by atoms with E-state index < -0.39 is 5.82 Å². The molecule has 2 aromatic carbocycles. The van der Waals surface area contributed by atoms with Gasteiger partial charge < -0.3 is 14.7 Å². The number of ether oxygens (including phenoxy) is 1. The number of carbonyl (C=O) groups excluding carboxylic acids is 1. The van der Waals surface area contributed by atoms with Gasteiger partial charge in [0.15, 0.2) is 11.6 Å². The molecule has 2 heterocycles. The smallest absolute Gasteiger partial charge is 0.250 e. The maximum absolute atomic E-state index is 13.8. The average molecular weight is 406 g/mol. The molecule has 154 valence electrons. The number of aliphatic hydroxyl groups excluding tert-OH is 1. The Bertz CT molecular complexity index is 1070. The van der Waals surface area contributed by atoms with Gasteiger partial charge in [-0.2, -0.15) is 0 Å². The minimum Gasteiger partial charge on any atom is -0.470 e. The lowest BCUT2D eigenvalue weighted by molar-refractivity contribution is 0.103. The number of aliphatic hydroxyl groups is 1. The van der Waals surface area contributed by atoms with Crippen LogP contribution in [0.25, 0.3) is 0 Å². The van der Waals surface area contributed by atoms with E-state index in [1.165, 1.54) is 18.3 Å². The van der Waals surface area contributed by atoms with Crippen LogP contribution >= 0.6 is 0 Å². The van der Waals surface area contributed by atoms with Gasteiger partial charge in [-0.1, -0.05) is 24.3 Å². The van der Waals surface area contributed by atoms with E-state index in [9.17, 15) is 14.3 Å². The fraction of sp³-hybridized carbons (Fsp3) is 0.250. The van der Waals surface area contributed by atoms with Crippen molar-refractivity contribution < 1.29 is 19.0 Å². The number of anilines is 1. The SMILES string of the molecule is Cc1ccccc1C(=O)c1ccc(N2CC[C@H](Oc3ncccc3F)C2)c(CO)c1. The Kier molecular flexibility index (Phi) is 5.77. The largest absolute Gasteiger partial charge is 0.470 e. The second kappa shape index (κ2) is 8.63. The highest BCUT2D eigenvalue weighted by Gasteiger charge is 2.27. The first-order valence-corrected chi connectivity index (χ1v) is 9.93. The van der Waals surface area contributed by atoms with Crippen molar-refractivity contribution in [1.29, 1.82) is 0 Å². The Labute approximate surface area is 174 Å². The van der Waals surface area contributed by atoms with Crippen LogP contribution < -0.4 is 9.64 Å². The van der Waals surface area contributed by atoms with Crippen molar-refractivity contribution in [2.75, 3.05) is 18.0 Å². The summed E-state index contributed by atoms with van der Waals surface area (Å²) in [5.41, 5.74) is 3.64. The van der Waals surface area contributed by atoms with Crippen LogP contribution in [0.2, 0.25) is 0 Å². The predicted octanol–water partition coefficient (Wildman–Crippen LogP) is 3.91. The second-order valence-corrected chi connectivity index (χ2v) is 7.41. The number of carbonyl (C=O) groups is 1. The summed E-state index contributed by atoms with van der Waals surface area (Å²) < 4.78 is 19.5. The van der Waals surface area contributed by atoms with Crippen LogP contribution in [0.3, 0.4) is 0 Å². The Hall–Kier alpha value is -3.25. The van der Waals surface area contributed by atoms with Crippen LogP contribution in [0, 0.1) is 12.7 Å². The summed E-state index contributed by atoms with van der Waals surface area (Å²) >= 11 is 0. The molecule has 5 nitrogen and oxygen atoms in total. The number of benzene rings is 2. The normalized spacial score (nSPS) is 16.0. The molecule has 1 aliphatic heterocycles. The zero-order valence-electron chi connectivity index (χ0n) is 16.7. The Morgan fingerprint density at radius 2 is 2.07 bits per heavy atom. The minimum absolute atomic E-state index is 0.00547. The highest BCUT2D eigenvalue weighted by Crippen LogP contribution is 2.29. The van der Waals surface area contributed by atoms with E-state index in [4.69, 9.17) is 4.74 Å². The average Bonchev–Trinajstić information content (AvgIpc) is 3.23. The van der Waals surface area contributed by atoms with Crippen molar-refractivity contribution in [3.8, 4) is 5.88 Å². The van der Waals surface area contributed by atoms with Crippen LogP contribution in [0.15, 0.2) is 60.8 Å². The van der Waals surface area contributed by atoms with E-state index in [1.807, 2.05) is 37.3 Å². The number of halogens is 1. The monoisotopic (exact) mass is 406 g/mol. The summed E-state index contributed by atoms with van der Waals surface area (Å²) in [4.78, 5) is 18.9. The summed E-state index contributed by atoms with van der Waals surface area (Å²) in [6, 6.07) is 15.7. The molecular weight excluding hydrogens is 383 g/mol. The molecule has 0 saturated carbocycles. The van der Waals surface area contributed by atoms with Gasteiger partial charge >= 0.3 is 0 Å². The standard InChI is InChI=1S/C24H23FN2O3/c1-16-5-2-3-6-20(16)23(29)17-8-9-22(18(13-17)15-28)27-12-10-19(14-27)30-24-21(25)7-4-11-26-24/h2-9,11,13,19,28H,10,12,14-15H2,1H3/t19-/m0/s1. The highest BCUT2D eigenvalue weighted by molar-refractivity contribution is 6.10. The number of rotatable bonds is 6. The zero-order chi connectivity index (χ0) is 21.1. The van der Waals surface area contributed by atoms with Crippen molar-refractivity contribution in [3.05, 3.63) is 88.9 Å². The third-order valence-electron chi connectivity index (χ3n) is 5.39. The van der Waals surface area contributed by atoms with Gasteiger partial charge in [-0.05, 0) is 42.8 Å². The molecule has 3 aromatic rings. The van der Waals surface area contributed by atoms with Gasteiger partial charge in [0, 0.05) is 41.5 Å². The summed E-state index contributed by atoms with van der Waals surface area (Å²) in [5.74, 6) is -0.542. The van der Waals surface area contributed by atoms with E-state index in [0.717, 1.165) is 11.3 Å². The third-order valence-corrected chi connectivity index (χ3v) is 5.39. The lowest BCUT2D eigenvalue weighted by Gasteiger charge is -2.22. The Morgan fingerprint density at radius 1 is 1.23 bits per heavy atom. The molecule has 0 amide bonds. The molecule has 1 aromatic heterocycles. The fourth-order valence-electron chi connectivity index (χ4n) is 3.80. The topological polar surface area (TPSA) is 62.7 Å². The lowest BCUT2D eigenvalue weighted by atomic mass is 9.97. The van der Waals surface area contributed by atoms with E-state index in [0.29, 0.717) is 36.2 Å². The van der Waals surface area contributed by atoms with Crippen LogP contribution in [0.4, 0.5) is 10.1 Å². The molecule has 0 unspecified atom stereocenters. The van der Waals surface area contributed by atoms with Crippen molar-refractivity contribution >= 4 is 11.5 Å². The van der Waals surface area contributed by atoms with E-state index in [-0.39, 0.29) is 24.4 Å². The van der Waals surface area contributed by atoms with Gasteiger partial charge in [0.1, 0.15) is 6.10 Å². The van der Waals surface area contributed by atoms with Crippen LogP contribution in [-0.2, 0) is 6.61 Å².